The number of anilines is 1. The Bertz CT molecular complexity index is 388. The summed E-state index contributed by atoms with van der Waals surface area (Å²) >= 11 is 0. The first kappa shape index (κ1) is 14.4. The topological polar surface area (TPSA) is 88.2 Å². The van der Waals surface area contributed by atoms with Crippen LogP contribution >= 0.6 is 0 Å². The van der Waals surface area contributed by atoms with Gasteiger partial charge >= 0.3 is 0 Å². The van der Waals surface area contributed by atoms with Crippen molar-refractivity contribution in [1.29, 1.82) is 0 Å². The third-order valence-electron chi connectivity index (χ3n) is 2.76. The van der Waals surface area contributed by atoms with Crippen LogP contribution in [0.15, 0.2) is 18.3 Å². The predicted octanol–water partition coefficient (Wildman–Crippen LogP) is 1.19. The zero-order chi connectivity index (χ0) is 13.6. The Morgan fingerprint density at radius 2 is 2.22 bits per heavy atom. The summed E-state index contributed by atoms with van der Waals surface area (Å²) in [7, 11) is 0. The van der Waals surface area contributed by atoms with Crippen LogP contribution in [0, 0.1) is 5.41 Å². The molecule has 18 heavy (non-hydrogen) atoms. The molecule has 5 nitrogen and oxygen atoms in total. The second-order valence-corrected chi connectivity index (χ2v) is 5.15. The summed E-state index contributed by atoms with van der Waals surface area (Å²) < 4.78 is 0. The van der Waals surface area contributed by atoms with E-state index < -0.39 is 0 Å². The average Bonchev–Trinajstić information content (AvgIpc) is 2.35. The Morgan fingerprint density at radius 3 is 2.78 bits per heavy atom. The van der Waals surface area contributed by atoms with Crippen LogP contribution in [-0.4, -0.2) is 29.1 Å². The lowest BCUT2D eigenvalue weighted by Gasteiger charge is -2.24. The Morgan fingerprint density at radius 1 is 1.50 bits per heavy atom. The minimum absolute atomic E-state index is 0.0355. The highest BCUT2D eigenvalue weighted by molar-refractivity contribution is 5.92. The van der Waals surface area contributed by atoms with Gasteiger partial charge in [0.25, 0.3) is 5.91 Å². The number of aliphatic hydroxyl groups excluding tert-OH is 1. The molecule has 1 rings (SSSR count). The number of nitrogens with zero attached hydrogens (tertiary/aromatic N) is 1. The molecule has 0 spiro atoms. The molecule has 0 atom stereocenters. The molecule has 100 valence electrons. The van der Waals surface area contributed by atoms with Crippen LogP contribution in [0.5, 0.6) is 0 Å². The van der Waals surface area contributed by atoms with Gasteiger partial charge in [0.15, 0.2) is 0 Å². The van der Waals surface area contributed by atoms with Crippen LogP contribution in [0.2, 0.25) is 0 Å². The molecule has 1 aromatic heterocycles. The van der Waals surface area contributed by atoms with Crippen LogP contribution in [0.4, 0.5) is 5.69 Å². The number of amides is 1. The number of pyridine rings is 1. The summed E-state index contributed by atoms with van der Waals surface area (Å²) in [6.45, 7) is 4.84. The predicted molar refractivity (Wildman–Crippen MR) is 71.1 cm³/mol. The van der Waals surface area contributed by atoms with E-state index in [0.29, 0.717) is 17.9 Å². The fraction of sp³-hybridized carbons (Fsp3) is 0.538. The highest BCUT2D eigenvalue weighted by Crippen LogP contribution is 2.20. The van der Waals surface area contributed by atoms with Gasteiger partial charge in [-0.2, -0.15) is 0 Å². The van der Waals surface area contributed by atoms with E-state index in [1.807, 2.05) is 0 Å². The van der Waals surface area contributed by atoms with Gasteiger partial charge in [-0.25, -0.2) is 4.98 Å². The number of nitrogens with one attached hydrogen (secondary N) is 1. The molecule has 0 fully saturated rings. The third kappa shape index (κ3) is 4.71. The fourth-order valence-corrected chi connectivity index (χ4v) is 1.60. The summed E-state index contributed by atoms with van der Waals surface area (Å²) in [5.74, 6) is -0.202. The highest BCUT2D eigenvalue weighted by atomic mass is 16.2. The lowest BCUT2D eigenvalue weighted by molar-refractivity contribution is 0.0928. The minimum Gasteiger partial charge on any atom is -0.397 e. The normalized spacial score (nSPS) is 11.3. The maximum Gasteiger partial charge on any atom is 0.269 e. The van der Waals surface area contributed by atoms with E-state index in [0.717, 1.165) is 12.8 Å². The first-order chi connectivity index (χ1) is 8.44. The molecular formula is C13H21N3O2. The maximum absolute atomic E-state index is 11.8. The zero-order valence-corrected chi connectivity index (χ0v) is 10.9. The highest BCUT2D eigenvalue weighted by Gasteiger charge is 2.19. The summed E-state index contributed by atoms with van der Waals surface area (Å²) in [6, 6.07) is 3.25. The van der Waals surface area contributed by atoms with Crippen molar-refractivity contribution in [2.45, 2.75) is 26.7 Å². The van der Waals surface area contributed by atoms with Gasteiger partial charge in [0, 0.05) is 13.2 Å². The van der Waals surface area contributed by atoms with Crippen LogP contribution in [-0.2, 0) is 0 Å². The SMILES string of the molecule is CC(C)(CCCO)CNC(=O)c1ccc(N)cn1. The van der Waals surface area contributed by atoms with Gasteiger partial charge in [-0.05, 0) is 30.4 Å². The van der Waals surface area contributed by atoms with E-state index >= 15 is 0 Å². The largest absolute Gasteiger partial charge is 0.397 e. The average molecular weight is 251 g/mol. The monoisotopic (exact) mass is 251 g/mol. The summed E-state index contributed by atoms with van der Waals surface area (Å²) in [6.07, 6.45) is 3.06. The second-order valence-electron chi connectivity index (χ2n) is 5.15. The maximum atomic E-state index is 11.8. The van der Waals surface area contributed by atoms with E-state index in [1.165, 1.54) is 6.20 Å². The number of rotatable bonds is 6. The van der Waals surface area contributed by atoms with Crippen LogP contribution in [0.1, 0.15) is 37.2 Å². The van der Waals surface area contributed by atoms with Crippen molar-refractivity contribution in [2.24, 2.45) is 5.41 Å². The minimum atomic E-state index is -0.202. The quantitative estimate of drug-likeness (QED) is 0.708. The van der Waals surface area contributed by atoms with Crippen molar-refractivity contribution in [3.8, 4) is 0 Å². The molecule has 0 saturated heterocycles. The molecule has 0 unspecified atom stereocenters. The van der Waals surface area contributed by atoms with Crippen LogP contribution in [0.3, 0.4) is 0 Å². The summed E-state index contributed by atoms with van der Waals surface area (Å²) in [5, 5.41) is 11.6. The third-order valence-corrected chi connectivity index (χ3v) is 2.76. The Hall–Kier alpha value is -1.62. The van der Waals surface area contributed by atoms with Gasteiger partial charge in [0.2, 0.25) is 0 Å². The molecule has 5 heteroatoms. The number of hydrogen-bond donors (Lipinski definition) is 3. The fourth-order valence-electron chi connectivity index (χ4n) is 1.60. The number of nitrogens with two attached hydrogens (primary N) is 1. The molecular weight excluding hydrogens is 230 g/mol. The molecule has 1 heterocycles. The first-order valence-corrected chi connectivity index (χ1v) is 6.05. The van der Waals surface area contributed by atoms with Crippen LogP contribution in [0.25, 0.3) is 0 Å². The van der Waals surface area contributed by atoms with E-state index in [-0.39, 0.29) is 17.9 Å². The zero-order valence-electron chi connectivity index (χ0n) is 10.9. The molecule has 4 N–H and O–H groups in total. The number of aliphatic hydroxyl groups is 1. The van der Waals surface area contributed by atoms with Gasteiger partial charge in [0.05, 0.1) is 11.9 Å². The van der Waals surface area contributed by atoms with Gasteiger partial charge in [-0.1, -0.05) is 13.8 Å². The number of carbonyl (C=O) groups is 1. The summed E-state index contributed by atoms with van der Waals surface area (Å²) in [5.41, 5.74) is 6.37. The van der Waals surface area contributed by atoms with Gasteiger partial charge < -0.3 is 16.2 Å². The molecule has 0 saturated carbocycles. The number of hydrogen-bond acceptors (Lipinski definition) is 4. The van der Waals surface area contributed by atoms with Gasteiger partial charge in [-0.3, -0.25) is 4.79 Å². The van der Waals surface area contributed by atoms with Gasteiger partial charge in [-0.15, -0.1) is 0 Å². The second kappa shape index (κ2) is 6.35. The van der Waals surface area contributed by atoms with E-state index in [2.05, 4.69) is 24.1 Å². The summed E-state index contributed by atoms with van der Waals surface area (Å²) in [4.78, 5) is 15.8. The molecule has 0 aliphatic rings. The smallest absolute Gasteiger partial charge is 0.269 e. The van der Waals surface area contributed by atoms with E-state index in [9.17, 15) is 4.79 Å². The Kier molecular flexibility index (Phi) is 5.09. The van der Waals surface area contributed by atoms with Crippen LogP contribution < -0.4 is 11.1 Å². The lowest BCUT2D eigenvalue weighted by atomic mass is 9.88. The first-order valence-electron chi connectivity index (χ1n) is 6.05. The van der Waals surface area contributed by atoms with Crippen molar-refractivity contribution in [2.75, 3.05) is 18.9 Å². The Balaban J connectivity index is 2.48. The number of carbonyl (C=O) groups excluding carboxylic acids is 1. The molecule has 0 aliphatic heterocycles. The molecule has 1 amide bonds. The number of nitrogen functional groups attached to an aromatic ring is 1. The van der Waals surface area contributed by atoms with E-state index in [4.69, 9.17) is 10.8 Å². The molecule has 1 aromatic rings. The molecule has 0 bridgehead atoms. The molecule has 0 radical (unpaired) electrons. The van der Waals surface area contributed by atoms with Crippen molar-refractivity contribution in [3.63, 3.8) is 0 Å². The lowest BCUT2D eigenvalue weighted by Crippen LogP contribution is -2.34. The van der Waals surface area contributed by atoms with Crippen molar-refractivity contribution in [3.05, 3.63) is 24.0 Å². The van der Waals surface area contributed by atoms with Crippen molar-refractivity contribution >= 4 is 11.6 Å². The van der Waals surface area contributed by atoms with Crippen molar-refractivity contribution < 1.29 is 9.90 Å². The standard InChI is InChI=1S/C13H21N3O2/c1-13(2,6-3-7-17)9-16-12(18)11-5-4-10(14)8-15-11/h4-5,8,17H,3,6-7,9,14H2,1-2H3,(H,16,18). The number of aromatic nitrogens is 1. The molecule has 0 aliphatic carbocycles. The van der Waals surface area contributed by atoms with E-state index in [1.54, 1.807) is 12.1 Å². The molecule has 0 aromatic carbocycles. The van der Waals surface area contributed by atoms with Crippen molar-refractivity contribution in [1.82, 2.24) is 10.3 Å². The van der Waals surface area contributed by atoms with Gasteiger partial charge in [0.1, 0.15) is 5.69 Å². The Labute approximate surface area is 107 Å².